The number of carbonyl (C=O) groups is 1. The van der Waals surface area contributed by atoms with Gasteiger partial charge in [0, 0.05) is 12.0 Å². The Hall–Kier alpha value is -1.45. The summed E-state index contributed by atoms with van der Waals surface area (Å²) >= 11 is 3.88. The fraction of sp³-hybridized carbons (Fsp3) is 0.348. The van der Waals surface area contributed by atoms with Gasteiger partial charge in [0.1, 0.15) is 0 Å². The van der Waals surface area contributed by atoms with Crippen molar-refractivity contribution >= 4 is 29.3 Å². The molecule has 0 atom stereocenters. The van der Waals surface area contributed by atoms with Crippen molar-refractivity contribution in [2.75, 3.05) is 11.5 Å². The van der Waals surface area contributed by atoms with Crippen LogP contribution in [0, 0.1) is 0 Å². The zero-order valence-corrected chi connectivity index (χ0v) is 17.0. The Balaban J connectivity index is 1.58. The molecule has 26 heavy (non-hydrogen) atoms. The van der Waals surface area contributed by atoms with Crippen LogP contribution in [-0.4, -0.2) is 21.9 Å². The third-order valence-electron chi connectivity index (χ3n) is 4.73. The van der Waals surface area contributed by atoms with E-state index >= 15 is 0 Å². The Bertz CT molecular complexity index is 692. The first-order chi connectivity index (χ1) is 12.7. The molecule has 0 bridgehead atoms. The van der Waals surface area contributed by atoms with Crippen molar-refractivity contribution in [1.82, 2.24) is 0 Å². The SMILES string of the molecule is CC1=C(C(SCCc2ccccc2)SCCc2ccccc2)C(=O)CC1. The van der Waals surface area contributed by atoms with Crippen molar-refractivity contribution in [3.8, 4) is 0 Å². The predicted molar refractivity (Wildman–Crippen MR) is 116 cm³/mol. The molecule has 0 N–H and O–H groups in total. The Morgan fingerprint density at radius 1 is 0.808 bits per heavy atom. The maximum atomic E-state index is 12.4. The number of Topliss-reactive ketones (excluding diaryl/α,β-unsaturated/α-hetero) is 1. The first kappa shape index (κ1) is 19.3. The summed E-state index contributed by atoms with van der Waals surface area (Å²) in [5.74, 6) is 2.47. The van der Waals surface area contributed by atoms with Crippen molar-refractivity contribution in [1.29, 1.82) is 0 Å². The zero-order valence-electron chi connectivity index (χ0n) is 15.3. The Morgan fingerprint density at radius 2 is 1.31 bits per heavy atom. The number of hydrogen-bond donors (Lipinski definition) is 0. The lowest BCUT2D eigenvalue weighted by Crippen LogP contribution is -2.12. The van der Waals surface area contributed by atoms with E-state index in [1.165, 1.54) is 16.7 Å². The molecule has 0 fully saturated rings. The highest BCUT2D eigenvalue weighted by Gasteiger charge is 2.28. The van der Waals surface area contributed by atoms with Gasteiger partial charge in [-0.05, 0) is 48.8 Å². The van der Waals surface area contributed by atoms with Crippen LogP contribution in [0.2, 0.25) is 0 Å². The molecule has 3 rings (SSSR count). The van der Waals surface area contributed by atoms with Crippen LogP contribution in [0.3, 0.4) is 0 Å². The van der Waals surface area contributed by atoms with Gasteiger partial charge in [0.2, 0.25) is 0 Å². The molecule has 2 aromatic rings. The first-order valence-corrected chi connectivity index (χ1v) is 11.4. The largest absolute Gasteiger partial charge is 0.294 e. The number of ketones is 1. The second-order valence-electron chi connectivity index (χ2n) is 6.66. The van der Waals surface area contributed by atoms with Crippen molar-refractivity contribution in [2.24, 2.45) is 0 Å². The highest BCUT2D eigenvalue weighted by molar-refractivity contribution is 8.17. The maximum absolute atomic E-state index is 12.4. The maximum Gasteiger partial charge on any atom is 0.161 e. The van der Waals surface area contributed by atoms with Crippen LogP contribution in [0.5, 0.6) is 0 Å². The fourth-order valence-electron chi connectivity index (χ4n) is 3.21. The van der Waals surface area contributed by atoms with Gasteiger partial charge in [-0.15, -0.1) is 23.5 Å². The summed E-state index contributed by atoms with van der Waals surface area (Å²) in [6.45, 7) is 2.14. The van der Waals surface area contributed by atoms with Gasteiger partial charge in [0.25, 0.3) is 0 Å². The van der Waals surface area contributed by atoms with Crippen molar-refractivity contribution in [2.45, 2.75) is 37.2 Å². The monoisotopic (exact) mass is 382 g/mol. The molecular formula is C23H26OS2. The molecule has 0 saturated carbocycles. The number of allylic oxidation sites excluding steroid dienone is 1. The minimum atomic E-state index is 0.275. The molecule has 2 aromatic carbocycles. The number of benzene rings is 2. The molecule has 0 unspecified atom stereocenters. The Morgan fingerprint density at radius 3 is 1.73 bits per heavy atom. The van der Waals surface area contributed by atoms with E-state index in [9.17, 15) is 4.79 Å². The summed E-state index contributed by atoms with van der Waals surface area (Å²) in [6, 6.07) is 21.2. The molecule has 0 amide bonds. The van der Waals surface area contributed by atoms with Gasteiger partial charge in [-0.25, -0.2) is 0 Å². The Kier molecular flexibility index (Phi) is 7.45. The van der Waals surface area contributed by atoms with Crippen LogP contribution in [0.15, 0.2) is 71.8 Å². The molecule has 0 aliphatic heterocycles. The number of aryl methyl sites for hydroxylation is 2. The van der Waals surface area contributed by atoms with E-state index in [1.807, 2.05) is 23.5 Å². The standard InChI is InChI=1S/C23H26OS2/c1-18-12-13-21(24)22(18)23(25-16-14-19-8-4-2-5-9-19)26-17-15-20-10-6-3-7-11-20/h2-11,23H,12-17H2,1H3. The molecule has 0 aromatic heterocycles. The lowest BCUT2D eigenvalue weighted by atomic mass is 10.2. The lowest BCUT2D eigenvalue weighted by Gasteiger charge is -2.18. The van der Waals surface area contributed by atoms with Gasteiger partial charge in [0.05, 0.1) is 4.58 Å². The third kappa shape index (κ3) is 5.52. The summed E-state index contributed by atoms with van der Waals surface area (Å²) in [7, 11) is 0. The van der Waals surface area contributed by atoms with E-state index in [1.54, 1.807) is 0 Å². The fourth-order valence-corrected chi connectivity index (χ4v) is 6.31. The highest BCUT2D eigenvalue weighted by atomic mass is 32.2. The zero-order chi connectivity index (χ0) is 18.2. The van der Waals surface area contributed by atoms with Crippen LogP contribution in [-0.2, 0) is 17.6 Å². The van der Waals surface area contributed by atoms with Crippen LogP contribution < -0.4 is 0 Å². The molecule has 0 spiro atoms. The summed E-state index contributed by atoms with van der Waals surface area (Å²) in [4.78, 5) is 12.4. The average Bonchev–Trinajstić information content (AvgIpc) is 3.01. The van der Waals surface area contributed by atoms with E-state index in [2.05, 4.69) is 67.6 Å². The predicted octanol–water partition coefficient (Wildman–Crippen LogP) is 5.94. The van der Waals surface area contributed by atoms with Crippen LogP contribution >= 0.6 is 23.5 Å². The lowest BCUT2D eigenvalue weighted by molar-refractivity contribution is -0.114. The molecule has 0 saturated heterocycles. The molecule has 1 aliphatic carbocycles. The molecule has 1 aliphatic rings. The van der Waals surface area contributed by atoms with Gasteiger partial charge >= 0.3 is 0 Å². The summed E-state index contributed by atoms with van der Waals surface area (Å²) in [5.41, 5.74) is 5.15. The number of thioether (sulfide) groups is 2. The number of rotatable bonds is 9. The minimum absolute atomic E-state index is 0.275. The molecule has 1 nitrogen and oxygen atoms in total. The van der Waals surface area contributed by atoms with Gasteiger partial charge in [-0.3, -0.25) is 4.79 Å². The van der Waals surface area contributed by atoms with Gasteiger partial charge in [-0.1, -0.05) is 66.2 Å². The van der Waals surface area contributed by atoms with Crippen molar-refractivity contribution in [3.63, 3.8) is 0 Å². The van der Waals surface area contributed by atoms with Crippen LogP contribution in [0.1, 0.15) is 30.9 Å². The minimum Gasteiger partial charge on any atom is -0.294 e. The third-order valence-corrected chi connectivity index (χ3v) is 7.50. The number of hydrogen-bond acceptors (Lipinski definition) is 3. The summed E-state index contributed by atoms with van der Waals surface area (Å²) < 4.78 is 0.275. The second kappa shape index (κ2) is 10.0. The van der Waals surface area contributed by atoms with E-state index in [0.717, 1.165) is 36.3 Å². The second-order valence-corrected chi connectivity index (χ2v) is 9.39. The molecular weight excluding hydrogens is 356 g/mol. The molecule has 136 valence electrons. The quantitative estimate of drug-likeness (QED) is 0.499. The Labute approximate surface area is 165 Å². The smallest absolute Gasteiger partial charge is 0.161 e. The molecule has 0 heterocycles. The highest BCUT2D eigenvalue weighted by Crippen LogP contribution is 2.38. The normalized spacial score (nSPS) is 14.5. The van der Waals surface area contributed by atoms with Crippen LogP contribution in [0.4, 0.5) is 0 Å². The van der Waals surface area contributed by atoms with Gasteiger partial charge < -0.3 is 0 Å². The van der Waals surface area contributed by atoms with E-state index < -0.39 is 0 Å². The molecule has 0 radical (unpaired) electrons. The average molecular weight is 383 g/mol. The molecule has 3 heteroatoms. The van der Waals surface area contributed by atoms with E-state index in [4.69, 9.17) is 0 Å². The van der Waals surface area contributed by atoms with E-state index in [0.29, 0.717) is 12.2 Å². The first-order valence-electron chi connectivity index (χ1n) is 9.28. The van der Waals surface area contributed by atoms with Crippen molar-refractivity contribution in [3.05, 3.63) is 82.9 Å². The van der Waals surface area contributed by atoms with Gasteiger partial charge in [-0.2, -0.15) is 0 Å². The van der Waals surface area contributed by atoms with Gasteiger partial charge in [0.15, 0.2) is 5.78 Å². The summed E-state index contributed by atoms with van der Waals surface area (Å²) in [6.07, 6.45) is 3.77. The topological polar surface area (TPSA) is 17.1 Å². The summed E-state index contributed by atoms with van der Waals surface area (Å²) in [5, 5.41) is 0. The van der Waals surface area contributed by atoms with E-state index in [-0.39, 0.29) is 4.58 Å². The van der Waals surface area contributed by atoms with Crippen molar-refractivity contribution < 1.29 is 4.79 Å². The number of carbonyl (C=O) groups excluding carboxylic acids is 1. The van der Waals surface area contributed by atoms with Crippen LogP contribution in [0.25, 0.3) is 0 Å².